The SMILES string of the molecule is C=CCOC1CCNC1C(=O)OC. The highest BCUT2D eigenvalue weighted by atomic mass is 16.5. The van der Waals surface area contributed by atoms with E-state index < -0.39 is 0 Å². The van der Waals surface area contributed by atoms with E-state index in [1.807, 2.05) is 0 Å². The molecule has 0 amide bonds. The van der Waals surface area contributed by atoms with Crippen molar-refractivity contribution in [1.29, 1.82) is 0 Å². The molecule has 1 rings (SSSR count). The van der Waals surface area contributed by atoms with Crippen LogP contribution >= 0.6 is 0 Å². The third-order valence-electron chi connectivity index (χ3n) is 2.05. The van der Waals surface area contributed by atoms with Crippen LogP contribution in [0.3, 0.4) is 0 Å². The molecule has 1 saturated heterocycles. The van der Waals surface area contributed by atoms with Gasteiger partial charge in [0.05, 0.1) is 19.8 Å². The zero-order chi connectivity index (χ0) is 9.68. The van der Waals surface area contributed by atoms with Gasteiger partial charge in [-0.05, 0) is 13.0 Å². The number of hydrogen-bond donors (Lipinski definition) is 1. The third-order valence-corrected chi connectivity index (χ3v) is 2.05. The predicted octanol–water partition coefficient (Wildman–Crippen LogP) is 0.0925. The molecule has 1 N–H and O–H groups in total. The summed E-state index contributed by atoms with van der Waals surface area (Å²) in [5.41, 5.74) is 0. The number of rotatable bonds is 4. The molecule has 4 heteroatoms. The molecule has 1 aliphatic rings. The molecule has 1 heterocycles. The quantitative estimate of drug-likeness (QED) is 0.498. The maximum atomic E-state index is 11.2. The van der Waals surface area contributed by atoms with E-state index in [2.05, 4.69) is 16.6 Å². The molecule has 0 aromatic heterocycles. The average Bonchev–Trinajstić information content (AvgIpc) is 2.61. The summed E-state index contributed by atoms with van der Waals surface area (Å²) < 4.78 is 10.0. The van der Waals surface area contributed by atoms with Crippen molar-refractivity contribution in [3.05, 3.63) is 12.7 Å². The Balaban J connectivity index is 2.43. The lowest BCUT2D eigenvalue weighted by molar-refractivity contribution is -0.145. The molecule has 0 aromatic carbocycles. The number of esters is 1. The lowest BCUT2D eigenvalue weighted by atomic mass is 10.2. The lowest BCUT2D eigenvalue weighted by Crippen LogP contribution is -2.40. The van der Waals surface area contributed by atoms with Gasteiger partial charge in [-0.2, -0.15) is 0 Å². The monoisotopic (exact) mass is 185 g/mol. The van der Waals surface area contributed by atoms with Crippen LogP contribution < -0.4 is 5.32 Å². The van der Waals surface area contributed by atoms with E-state index in [1.54, 1.807) is 6.08 Å². The van der Waals surface area contributed by atoms with Crippen molar-refractivity contribution in [1.82, 2.24) is 5.32 Å². The van der Waals surface area contributed by atoms with Crippen LogP contribution in [-0.4, -0.2) is 38.4 Å². The summed E-state index contributed by atoms with van der Waals surface area (Å²) >= 11 is 0. The first-order chi connectivity index (χ1) is 6.29. The Labute approximate surface area is 77.9 Å². The molecular formula is C9H15NO3. The fourth-order valence-electron chi connectivity index (χ4n) is 1.41. The lowest BCUT2D eigenvalue weighted by Gasteiger charge is -2.16. The fourth-order valence-corrected chi connectivity index (χ4v) is 1.41. The van der Waals surface area contributed by atoms with Gasteiger partial charge in [-0.1, -0.05) is 6.08 Å². The zero-order valence-electron chi connectivity index (χ0n) is 7.79. The first-order valence-electron chi connectivity index (χ1n) is 4.33. The predicted molar refractivity (Wildman–Crippen MR) is 48.4 cm³/mol. The highest BCUT2D eigenvalue weighted by molar-refractivity contribution is 5.76. The minimum Gasteiger partial charge on any atom is -0.468 e. The molecule has 4 nitrogen and oxygen atoms in total. The van der Waals surface area contributed by atoms with Crippen LogP contribution in [0, 0.1) is 0 Å². The normalized spacial score (nSPS) is 27.2. The van der Waals surface area contributed by atoms with Gasteiger partial charge in [0.2, 0.25) is 0 Å². The summed E-state index contributed by atoms with van der Waals surface area (Å²) in [4.78, 5) is 11.2. The van der Waals surface area contributed by atoms with Crippen molar-refractivity contribution >= 4 is 5.97 Å². The molecule has 0 radical (unpaired) electrons. The third kappa shape index (κ3) is 2.54. The van der Waals surface area contributed by atoms with Gasteiger partial charge in [0.1, 0.15) is 6.04 Å². The topological polar surface area (TPSA) is 47.6 Å². The molecule has 0 saturated carbocycles. The van der Waals surface area contributed by atoms with E-state index in [4.69, 9.17) is 4.74 Å². The Bertz CT molecular complexity index is 193. The molecular weight excluding hydrogens is 170 g/mol. The molecule has 0 spiro atoms. The Kier molecular flexibility index (Phi) is 3.92. The summed E-state index contributed by atoms with van der Waals surface area (Å²) in [6.07, 6.45) is 2.44. The van der Waals surface area contributed by atoms with E-state index in [-0.39, 0.29) is 18.1 Å². The van der Waals surface area contributed by atoms with Gasteiger partial charge in [-0.15, -0.1) is 6.58 Å². The van der Waals surface area contributed by atoms with Gasteiger partial charge in [0.25, 0.3) is 0 Å². The Morgan fingerprint density at radius 2 is 2.54 bits per heavy atom. The van der Waals surface area contributed by atoms with E-state index >= 15 is 0 Å². The van der Waals surface area contributed by atoms with E-state index in [0.717, 1.165) is 13.0 Å². The van der Waals surface area contributed by atoms with E-state index in [0.29, 0.717) is 6.61 Å². The first-order valence-corrected chi connectivity index (χ1v) is 4.33. The van der Waals surface area contributed by atoms with Crippen LogP contribution in [0.4, 0.5) is 0 Å². The van der Waals surface area contributed by atoms with Gasteiger partial charge >= 0.3 is 5.97 Å². The van der Waals surface area contributed by atoms with Gasteiger partial charge < -0.3 is 14.8 Å². The van der Waals surface area contributed by atoms with Crippen molar-refractivity contribution in [2.45, 2.75) is 18.6 Å². The van der Waals surface area contributed by atoms with Crippen molar-refractivity contribution in [3.8, 4) is 0 Å². The largest absolute Gasteiger partial charge is 0.468 e. The molecule has 2 unspecified atom stereocenters. The van der Waals surface area contributed by atoms with E-state index in [9.17, 15) is 4.79 Å². The second-order valence-electron chi connectivity index (χ2n) is 2.90. The standard InChI is InChI=1S/C9H15NO3/c1-3-6-13-7-4-5-10-8(7)9(11)12-2/h3,7-8,10H,1,4-6H2,2H3. The van der Waals surface area contributed by atoms with Gasteiger partial charge in [0, 0.05) is 0 Å². The molecule has 1 aliphatic heterocycles. The molecule has 2 atom stereocenters. The molecule has 13 heavy (non-hydrogen) atoms. The second-order valence-corrected chi connectivity index (χ2v) is 2.90. The number of methoxy groups -OCH3 is 1. The average molecular weight is 185 g/mol. The summed E-state index contributed by atoms with van der Waals surface area (Å²) in [5.74, 6) is -0.258. The van der Waals surface area contributed by atoms with Crippen LogP contribution in [0.15, 0.2) is 12.7 Å². The first kappa shape index (κ1) is 10.2. The van der Waals surface area contributed by atoms with Crippen LogP contribution in [0.1, 0.15) is 6.42 Å². The highest BCUT2D eigenvalue weighted by Gasteiger charge is 2.33. The molecule has 74 valence electrons. The summed E-state index contributed by atoms with van der Waals surface area (Å²) in [5, 5.41) is 3.03. The van der Waals surface area contributed by atoms with Gasteiger partial charge in [0.15, 0.2) is 0 Å². The second kappa shape index (κ2) is 4.99. The fraction of sp³-hybridized carbons (Fsp3) is 0.667. The van der Waals surface area contributed by atoms with Crippen molar-refractivity contribution in [2.75, 3.05) is 20.3 Å². The minimum absolute atomic E-state index is 0.0783. The van der Waals surface area contributed by atoms with Crippen molar-refractivity contribution in [3.63, 3.8) is 0 Å². The number of ether oxygens (including phenoxy) is 2. The van der Waals surface area contributed by atoms with Crippen LogP contribution in [-0.2, 0) is 14.3 Å². The molecule has 0 aliphatic carbocycles. The highest BCUT2D eigenvalue weighted by Crippen LogP contribution is 2.12. The summed E-state index contributed by atoms with van der Waals surface area (Å²) in [7, 11) is 1.38. The number of carbonyl (C=O) groups excluding carboxylic acids is 1. The Morgan fingerprint density at radius 1 is 1.77 bits per heavy atom. The minimum atomic E-state index is -0.315. The van der Waals surface area contributed by atoms with Crippen LogP contribution in [0.25, 0.3) is 0 Å². The number of nitrogens with one attached hydrogen (secondary N) is 1. The maximum absolute atomic E-state index is 11.2. The maximum Gasteiger partial charge on any atom is 0.325 e. The number of carbonyl (C=O) groups is 1. The summed E-state index contributed by atoms with van der Waals surface area (Å²) in [6.45, 7) is 4.82. The van der Waals surface area contributed by atoms with E-state index in [1.165, 1.54) is 7.11 Å². The van der Waals surface area contributed by atoms with Crippen molar-refractivity contribution < 1.29 is 14.3 Å². The number of hydrogen-bond acceptors (Lipinski definition) is 4. The Morgan fingerprint density at radius 3 is 3.15 bits per heavy atom. The molecule has 1 fully saturated rings. The van der Waals surface area contributed by atoms with Gasteiger partial charge in [-0.3, -0.25) is 4.79 Å². The van der Waals surface area contributed by atoms with Crippen molar-refractivity contribution in [2.24, 2.45) is 0 Å². The Hall–Kier alpha value is -0.870. The molecule has 0 aromatic rings. The molecule has 0 bridgehead atoms. The van der Waals surface area contributed by atoms with Crippen LogP contribution in [0.5, 0.6) is 0 Å². The smallest absolute Gasteiger partial charge is 0.325 e. The van der Waals surface area contributed by atoms with Gasteiger partial charge in [-0.25, -0.2) is 0 Å². The zero-order valence-corrected chi connectivity index (χ0v) is 7.79. The summed E-state index contributed by atoms with van der Waals surface area (Å²) in [6, 6.07) is -0.315. The van der Waals surface area contributed by atoms with Crippen LogP contribution in [0.2, 0.25) is 0 Å².